The molecular formula is C16H20ClN3O2. The minimum absolute atomic E-state index is 0.0104. The summed E-state index contributed by atoms with van der Waals surface area (Å²) in [5, 5.41) is 3.75. The van der Waals surface area contributed by atoms with E-state index in [4.69, 9.17) is 11.6 Å². The van der Waals surface area contributed by atoms with Crippen molar-refractivity contribution in [2.45, 2.75) is 6.42 Å². The fourth-order valence-corrected chi connectivity index (χ4v) is 2.96. The fraction of sp³-hybridized carbons (Fsp3) is 0.500. The lowest BCUT2D eigenvalue weighted by Crippen LogP contribution is -2.52. The van der Waals surface area contributed by atoms with E-state index in [0.717, 1.165) is 26.1 Å². The SMILES string of the molecule is O=C(c1ccc(Cl)cc1)N1CCCN(C(=O)C2CNC2)CC1. The zero-order chi connectivity index (χ0) is 15.5. The van der Waals surface area contributed by atoms with E-state index in [0.29, 0.717) is 30.2 Å². The van der Waals surface area contributed by atoms with E-state index in [-0.39, 0.29) is 17.7 Å². The summed E-state index contributed by atoms with van der Waals surface area (Å²) in [6, 6.07) is 6.95. The van der Waals surface area contributed by atoms with Crippen LogP contribution in [-0.4, -0.2) is 60.9 Å². The number of rotatable bonds is 2. The van der Waals surface area contributed by atoms with Gasteiger partial charge >= 0.3 is 0 Å². The third kappa shape index (κ3) is 3.25. The minimum atomic E-state index is 0.0104. The largest absolute Gasteiger partial charge is 0.341 e. The number of carbonyl (C=O) groups is 2. The first kappa shape index (κ1) is 15.3. The molecule has 0 atom stereocenters. The first-order valence-electron chi connectivity index (χ1n) is 7.69. The van der Waals surface area contributed by atoms with Crippen molar-refractivity contribution in [3.63, 3.8) is 0 Å². The van der Waals surface area contributed by atoms with Gasteiger partial charge in [0.25, 0.3) is 5.91 Å². The first-order chi connectivity index (χ1) is 10.6. The molecule has 1 N–H and O–H groups in total. The van der Waals surface area contributed by atoms with Crippen molar-refractivity contribution >= 4 is 23.4 Å². The lowest BCUT2D eigenvalue weighted by molar-refractivity contribution is -0.136. The second-order valence-electron chi connectivity index (χ2n) is 5.83. The number of amides is 2. The van der Waals surface area contributed by atoms with Crippen LogP contribution >= 0.6 is 11.6 Å². The molecule has 5 nitrogen and oxygen atoms in total. The van der Waals surface area contributed by atoms with Gasteiger partial charge in [-0.3, -0.25) is 9.59 Å². The Morgan fingerprint density at radius 2 is 1.64 bits per heavy atom. The van der Waals surface area contributed by atoms with Crippen LogP contribution in [0.5, 0.6) is 0 Å². The van der Waals surface area contributed by atoms with E-state index in [1.165, 1.54) is 0 Å². The van der Waals surface area contributed by atoms with Crippen LogP contribution in [0.2, 0.25) is 5.02 Å². The zero-order valence-electron chi connectivity index (χ0n) is 12.4. The monoisotopic (exact) mass is 321 g/mol. The molecule has 118 valence electrons. The lowest BCUT2D eigenvalue weighted by Gasteiger charge is -2.31. The molecule has 0 bridgehead atoms. The Morgan fingerprint density at radius 1 is 1.00 bits per heavy atom. The predicted molar refractivity (Wildman–Crippen MR) is 84.9 cm³/mol. The average molecular weight is 322 g/mol. The van der Waals surface area contributed by atoms with Crippen molar-refractivity contribution < 1.29 is 9.59 Å². The summed E-state index contributed by atoms with van der Waals surface area (Å²) in [6.45, 7) is 4.20. The van der Waals surface area contributed by atoms with Crippen LogP contribution in [0.15, 0.2) is 24.3 Å². The van der Waals surface area contributed by atoms with E-state index in [2.05, 4.69) is 5.32 Å². The Balaban J connectivity index is 1.60. The van der Waals surface area contributed by atoms with Gasteiger partial charge < -0.3 is 15.1 Å². The van der Waals surface area contributed by atoms with Crippen LogP contribution in [0.4, 0.5) is 0 Å². The van der Waals surface area contributed by atoms with Crippen LogP contribution in [0.3, 0.4) is 0 Å². The van der Waals surface area contributed by atoms with Crippen molar-refractivity contribution in [3.05, 3.63) is 34.9 Å². The van der Waals surface area contributed by atoms with Crippen molar-refractivity contribution in [1.29, 1.82) is 0 Å². The van der Waals surface area contributed by atoms with Crippen molar-refractivity contribution in [1.82, 2.24) is 15.1 Å². The van der Waals surface area contributed by atoms with E-state index < -0.39 is 0 Å². The van der Waals surface area contributed by atoms with Crippen LogP contribution in [0, 0.1) is 5.92 Å². The van der Waals surface area contributed by atoms with Crippen LogP contribution in [-0.2, 0) is 4.79 Å². The molecule has 0 spiro atoms. The smallest absolute Gasteiger partial charge is 0.253 e. The maximum atomic E-state index is 12.5. The van der Waals surface area contributed by atoms with Gasteiger partial charge in [0, 0.05) is 49.9 Å². The van der Waals surface area contributed by atoms with Gasteiger partial charge in [-0.1, -0.05) is 11.6 Å². The minimum Gasteiger partial charge on any atom is -0.341 e. The van der Waals surface area contributed by atoms with Crippen LogP contribution in [0.25, 0.3) is 0 Å². The van der Waals surface area contributed by atoms with Crippen LogP contribution in [0.1, 0.15) is 16.8 Å². The van der Waals surface area contributed by atoms with Gasteiger partial charge in [0.15, 0.2) is 0 Å². The summed E-state index contributed by atoms with van der Waals surface area (Å²) in [7, 11) is 0. The molecule has 2 fully saturated rings. The second-order valence-corrected chi connectivity index (χ2v) is 6.27. The van der Waals surface area contributed by atoms with Crippen LogP contribution < -0.4 is 5.32 Å². The third-order valence-corrected chi connectivity index (χ3v) is 4.57. The molecule has 2 saturated heterocycles. The van der Waals surface area contributed by atoms with Crippen molar-refractivity contribution in [2.24, 2.45) is 5.92 Å². The standard InChI is InChI=1S/C16H20ClN3O2/c17-14-4-2-12(3-5-14)15(21)19-6-1-7-20(9-8-19)16(22)13-10-18-11-13/h2-5,13,18H,1,6-11H2. The molecule has 1 aromatic rings. The number of carbonyl (C=O) groups excluding carboxylic acids is 2. The highest BCUT2D eigenvalue weighted by atomic mass is 35.5. The molecule has 2 heterocycles. The number of nitrogens with one attached hydrogen (secondary N) is 1. The Labute approximate surface area is 135 Å². The number of hydrogen-bond acceptors (Lipinski definition) is 3. The van der Waals surface area contributed by atoms with E-state index in [1.807, 2.05) is 9.80 Å². The quantitative estimate of drug-likeness (QED) is 0.891. The summed E-state index contributed by atoms with van der Waals surface area (Å²) in [4.78, 5) is 28.5. The van der Waals surface area contributed by atoms with Gasteiger partial charge in [-0.25, -0.2) is 0 Å². The molecule has 0 saturated carbocycles. The van der Waals surface area contributed by atoms with Gasteiger partial charge in [-0.15, -0.1) is 0 Å². The number of hydrogen-bond donors (Lipinski definition) is 1. The Morgan fingerprint density at radius 3 is 2.27 bits per heavy atom. The summed E-state index contributed by atoms with van der Waals surface area (Å²) in [5.41, 5.74) is 0.646. The molecule has 0 aliphatic carbocycles. The Hall–Kier alpha value is -1.59. The topological polar surface area (TPSA) is 52.7 Å². The number of benzene rings is 1. The maximum Gasteiger partial charge on any atom is 0.253 e. The Kier molecular flexibility index (Phi) is 4.64. The molecule has 2 aliphatic rings. The predicted octanol–water partition coefficient (Wildman–Crippen LogP) is 1.23. The molecule has 0 radical (unpaired) electrons. The highest BCUT2D eigenvalue weighted by molar-refractivity contribution is 6.30. The van der Waals surface area contributed by atoms with Gasteiger partial charge in [0.1, 0.15) is 0 Å². The zero-order valence-corrected chi connectivity index (χ0v) is 13.2. The molecular weight excluding hydrogens is 302 g/mol. The first-order valence-corrected chi connectivity index (χ1v) is 8.07. The normalized spacial score (nSPS) is 19.5. The molecule has 0 unspecified atom stereocenters. The summed E-state index contributed by atoms with van der Waals surface area (Å²) in [5.74, 6) is 0.356. The van der Waals surface area contributed by atoms with E-state index in [9.17, 15) is 9.59 Å². The van der Waals surface area contributed by atoms with E-state index >= 15 is 0 Å². The fourth-order valence-electron chi connectivity index (χ4n) is 2.84. The molecule has 0 aromatic heterocycles. The molecule has 22 heavy (non-hydrogen) atoms. The third-order valence-electron chi connectivity index (χ3n) is 4.32. The summed E-state index contributed by atoms with van der Waals surface area (Å²) in [6.07, 6.45) is 0.825. The van der Waals surface area contributed by atoms with Gasteiger partial charge in [-0.2, -0.15) is 0 Å². The maximum absolute atomic E-state index is 12.5. The van der Waals surface area contributed by atoms with E-state index in [1.54, 1.807) is 24.3 Å². The van der Waals surface area contributed by atoms with Gasteiger partial charge in [-0.05, 0) is 30.7 Å². The second kappa shape index (κ2) is 6.67. The highest BCUT2D eigenvalue weighted by Crippen LogP contribution is 2.15. The summed E-state index contributed by atoms with van der Waals surface area (Å²) >= 11 is 5.86. The highest BCUT2D eigenvalue weighted by Gasteiger charge is 2.30. The molecule has 3 rings (SSSR count). The molecule has 2 aliphatic heterocycles. The van der Waals surface area contributed by atoms with Crippen molar-refractivity contribution in [3.8, 4) is 0 Å². The number of halogens is 1. The molecule has 2 amide bonds. The Bertz CT molecular complexity index is 557. The molecule has 1 aromatic carbocycles. The summed E-state index contributed by atoms with van der Waals surface area (Å²) < 4.78 is 0. The van der Waals surface area contributed by atoms with Crippen molar-refractivity contribution in [2.75, 3.05) is 39.3 Å². The van der Waals surface area contributed by atoms with Gasteiger partial charge in [0.2, 0.25) is 5.91 Å². The number of nitrogens with zero attached hydrogens (tertiary/aromatic N) is 2. The molecule has 6 heteroatoms. The average Bonchev–Trinajstić information content (AvgIpc) is 2.71. The lowest BCUT2D eigenvalue weighted by atomic mass is 10.0. The van der Waals surface area contributed by atoms with Gasteiger partial charge in [0.05, 0.1) is 5.92 Å².